The zero-order valence-corrected chi connectivity index (χ0v) is 7.89. The fraction of sp³-hybridized carbons (Fsp3) is 0.636. The SMILES string of the molecule is N#CC1CC[C@@H]2C=C[C@H](C#N)C[C@@H]2O1. The average molecular weight is 188 g/mol. The summed E-state index contributed by atoms with van der Waals surface area (Å²) in [6.45, 7) is 0. The molecule has 3 nitrogen and oxygen atoms in total. The minimum atomic E-state index is -0.262. The molecule has 1 fully saturated rings. The molecular weight excluding hydrogens is 176 g/mol. The molecule has 0 bridgehead atoms. The molecule has 72 valence electrons. The van der Waals surface area contributed by atoms with Crippen LogP contribution in [0.5, 0.6) is 0 Å². The van der Waals surface area contributed by atoms with Gasteiger partial charge in [-0.05, 0) is 19.3 Å². The third-order valence-corrected chi connectivity index (χ3v) is 2.97. The predicted molar refractivity (Wildman–Crippen MR) is 49.9 cm³/mol. The quantitative estimate of drug-likeness (QED) is 0.544. The van der Waals surface area contributed by atoms with Gasteiger partial charge in [0.2, 0.25) is 0 Å². The first-order valence-corrected chi connectivity index (χ1v) is 4.96. The smallest absolute Gasteiger partial charge is 0.144 e. The Bertz CT molecular complexity index is 323. The predicted octanol–water partition coefficient (Wildman–Crippen LogP) is 1.77. The summed E-state index contributed by atoms with van der Waals surface area (Å²) in [6.07, 6.45) is 6.45. The van der Waals surface area contributed by atoms with E-state index in [1.165, 1.54) is 0 Å². The molecule has 0 aromatic rings. The van der Waals surface area contributed by atoms with Gasteiger partial charge in [0.1, 0.15) is 6.10 Å². The van der Waals surface area contributed by atoms with Gasteiger partial charge in [0.15, 0.2) is 0 Å². The Balaban J connectivity index is 2.06. The van der Waals surface area contributed by atoms with E-state index in [1.54, 1.807) is 0 Å². The zero-order valence-electron chi connectivity index (χ0n) is 7.89. The summed E-state index contributed by atoms with van der Waals surface area (Å²) in [5, 5.41) is 17.5. The normalized spacial score (nSPS) is 40.7. The highest BCUT2D eigenvalue weighted by Crippen LogP contribution is 2.33. The lowest BCUT2D eigenvalue weighted by molar-refractivity contribution is -0.0551. The summed E-state index contributed by atoms with van der Waals surface area (Å²) in [6, 6.07) is 4.36. The first-order chi connectivity index (χ1) is 6.83. The molecule has 0 aromatic heterocycles. The van der Waals surface area contributed by atoms with Crippen molar-refractivity contribution in [3.05, 3.63) is 12.2 Å². The van der Waals surface area contributed by atoms with Crippen LogP contribution in [0.2, 0.25) is 0 Å². The molecule has 0 spiro atoms. The summed E-state index contributed by atoms with van der Waals surface area (Å²) in [7, 11) is 0. The summed E-state index contributed by atoms with van der Waals surface area (Å²) in [5.41, 5.74) is 0. The monoisotopic (exact) mass is 188 g/mol. The largest absolute Gasteiger partial charge is 0.359 e. The summed E-state index contributed by atoms with van der Waals surface area (Å²) >= 11 is 0. The second-order valence-electron chi connectivity index (χ2n) is 3.89. The van der Waals surface area contributed by atoms with Crippen LogP contribution < -0.4 is 0 Å². The number of ether oxygens (including phenoxy) is 1. The van der Waals surface area contributed by atoms with Crippen molar-refractivity contribution in [3.8, 4) is 12.1 Å². The number of nitriles is 2. The fourth-order valence-corrected chi connectivity index (χ4v) is 2.16. The molecule has 2 rings (SSSR count). The number of hydrogen-bond donors (Lipinski definition) is 0. The lowest BCUT2D eigenvalue weighted by atomic mass is 9.81. The minimum Gasteiger partial charge on any atom is -0.359 e. The van der Waals surface area contributed by atoms with E-state index in [2.05, 4.69) is 18.2 Å². The molecule has 1 saturated heterocycles. The van der Waals surface area contributed by atoms with Gasteiger partial charge in [0, 0.05) is 5.92 Å². The number of fused-ring (bicyclic) bond motifs is 1. The van der Waals surface area contributed by atoms with Crippen molar-refractivity contribution in [2.45, 2.75) is 31.5 Å². The van der Waals surface area contributed by atoms with Crippen molar-refractivity contribution in [2.75, 3.05) is 0 Å². The second kappa shape index (κ2) is 3.82. The van der Waals surface area contributed by atoms with E-state index >= 15 is 0 Å². The maximum Gasteiger partial charge on any atom is 0.144 e. The Labute approximate surface area is 83.6 Å². The summed E-state index contributed by atoms with van der Waals surface area (Å²) < 4.78 is 5.61. The standard InChI is InChI=1S/C11H12N2O/c12-6-8-1-2-9-3-4-10(7-13)14-11(9)5-8/h1-2,8-11H,3-5H2/t8-,9-,10?,11-/m0/s1. The van der Waals surface area contributed by atoms with Crippen molar-refractivity contribution in [1.82, 2.24) is 0 Å². The van der Waals surface area contributed by atoms with Crippen molar-refractivity contribution < 1.29 is 4.74 Å². The maximum atomic E-state index is 8.78. The molecule has 1 heterocycles. The lowest BCUT2D eigenvalue weighted by Crippen LogP contribution is -2.36. The molecule has 3 heteroatoms. The summed E-state index contributed by atoms with van der Waals surface area (Å²) in [4.78, 5) is 0. The van der Waals surface area contributed by atoms with Crippen LogP contribution >= 0.6 is 0 Å². The van der Waals surface area contributed by atoms with Crippen molar-refractivity contribution >= 4 is 0 Å². The van der Waals surface area contributed by atoms with Crippen LogP contribution in [0.4, 0.5) is 0 Å². The Hall–Kier alpha value is -1.32. The van der Waals surface area contributed by atoms with Gasteiger partial charge in [-0.25, -0.2) is 0 Å². The highest BCUT2D eigenvalue weighted by molar-refractivity contribution is 5.11. The topological polar surface area (TPSA) is 56.8 Å². The molecule has 4 atom stereocenters. The van der Waals surface area contributed by atoms with Gasteiger partial charge in [-0.2, -0.15) is 10.5 Å². The second-order valence-corrected chi connectivity index (χ2v) is 3.89. The van der Waals surface area contributed by atoms with Crippen LogP contribution in [-0.4, -0.2) is 12.2 Å². The zero-order chi connectivity index (χ0) is 9.97. The Morgan fingerprint density at radius 2 is 2.00 bits per heavy atom. The third-order valence-electron chi connectivity index (χ3n) is 2.97. The van der Waals surface area contributed by atoms with E-state index in [4.69, 9.17) is 15.3 Å². The molecular formula is C11H12N2O. The molecule has 0 saturated carbocycles. The first kappa shape index (κ1) is 9.24. The van der Waals surface area contributed by atoms with Crippen LogP contribution in [0, 0.1) is 34.5 Å². The average Bonchev–Trinajstić information content (AvgIpc) is 2.27. The van der Waals surface area contributed by atoms with Crippen LogP contribution in [-0.2, 0) is 4.74 Å². The van der Waals surface area contributed by atoms with Gasteiger partial charge < -0.3 is 4.74 Å². The van der Waals surface area contributed by atoms with Crippen molar-refractivity contribution in [2.24, 2.45) is 11.8 Å². The van der Waals surface area contributed by atoms with Gasteiger partial charge in [0.05, 0.1) is 24.2 Å². The Morgan fingerprint density at radius 3 is 2.71 bits per heavy atom. The van der Waals surface area contributed by atoms with Gasteiger partial charge in [-0.15, -0.1) is 0 Å². The molecule has 0 radical (unpaired) electrons. The molecule has 1 aliphatic carbocycles. The van der Waals surface area contributed by atoms with Gasteiger partial charge >= 0.3 is 0 Å². The van der Waals surface area contributed by atoms with Gasteiger partial charge in [0.25, 0.3) is 0 Å². The number of hydrogen-bond acceptors (Lipinski definition) is 3. The first-order valence-electron chi connectivity index (χ1n) is 4.96. The molecule has 0 N–H and O–H groups in total. The highest BCUT2D eigenvalue weighted by atomic mass is 16.5. The number of allylic oxidation sites excluding steroid dienone is 1. The van der Waals surface area contributed by atoms with E-state index < -0.39 is 0 Å². The van der Waals surface area contributed by atoms with E-state index in [-0.39, 0.29) is 18.1 Å². The maximum absolute atomic E-state index is 8.78. The van der Waals surface area contributed by atoms with Crippen LogP contribution in [0.25, 0.3) is 0 Å². The molecule has 0 aromatic carbocycles. The van der Waals surface area contributed by atoms with Gasteiger partial charge in [-0.3, -0.25) is 0 Å². The Kier molecular flexibility index (Phi) is 2.52. The molecule has 1 aliphatic heterocycles. The van der Waals surface area contributed by atoms with Crippen LogP contribution in [0.1, 0.15) is 19.3 Å². The third kappa shape index (κ3) is 1.64. The van der Waals surface area contributed by atoms with E-state index in [9.17, 15) is 0 Å². The fourth-order valence-electron chi connectivity index (χ4n) is 2.16. The molecule has 0 amide bonds. The van der Waals surface area contributed by atoms with Crippen molar-refractivity contribution in [1.29, 1.82) is 10.5 Å². The Morgan fingerprint density at radius 1 is 1.14 bits per heavy atom. The number of rotatable bonds is 0. The van der Waals surface area contributed by atoms with Crippen LogP contribution in [0.15, 0.2) is 12.2 Å². The van der Waals surface area contributed by atoms with Crippen LogP contribution in [0.3, 0.4) is 0 Å². The highest BCUT2D eigenvalue weighted by Gasteiger charge is 2.33. The lowest BCUT2D eigenvalue weighted by Gasteiger charge is -2.35. The molecule has 1 unspecified atom stereocenters. The van der Waals surface area contributed by atoms with E-state index in [0.717, 1.165) is 19.3 Å². The van der Waals surface area contributed by atoms with Gasteiger partial charge in [-0.1, -0.05) is 12.2 Å². The summed E-state index contributed by atoms with van der Waals surface area (Å²) in [5.74, 6) is 0.387. The van der Waals surface area contributed by atoms with Crippen molar-refractivity contribution in [3.63, 3.8) is 0 Å². The van der Waals surface area contributed by atoms with E-state index in [1.807, 2.05) is 6.08 Å². The van der Waals surface area contributed by atoms with E-state index in [0.29, 0.717) is 5.92 Å². The number of nitrogens with zero attached hydrogens (tertiary/aromatic N) is 2. The molecule has 14 heavy (non-hydrogen) atoms. The molecule has 2 aliphatic rings. The minimum absolute atomic E-state index is 0.0336.